The van der Waals surface area contributed by atoms with Crippen LogP contribution in [0.3, 0.4) is 0 Å². The molecule has 11 atom stereocenters. The zero-order valence-corrected chi connectivity index (χ0v) is 67.4. The van der Waals surface area contributed by atoms with Crippen molar-refractivity contribution in [2.45, 2.75) is 112 Å². The van der Waals surface area contributed by atoms with Gasteiger partial charge in [0.25, 0.3) is 0 Å². The van der Waals surface area contributed by atoms with Crippen molar-refractivity contribution in [3.05, 3.63) is 218 Å². The number of nitrogens with zero attached hydrogens (tertiary/aromatic N) is 7. The van der Waals surface area contributed by atoms with Crippen LogP contribution in [0.4, 0.5) is 17.5 Å². The van der Waals surface area contributed by atoms with Crippen LogP contribution in [0.15, 0.2) is 128 Å². The van der Waals surface area contributed by atoms with Crippen LogP contribution in [-0.4, -0.2) is 156 Å². The SMILES string of the molecule is Cc1sc(C(=O)c2cncnc2N[C@@H]2C[C@H](COS(N)(=O)=O)[C@@H](O)C2)cc1-c1nccc2ccc(Cl)cc12.Cc1sc(C(=O)c2cncnc2N[C@@H]2C[C@H](COS(N)(=O)=O)[C@@H](O)C2)cc1C1SCc2ccc(Cl)cc21.NS(=O)(=O)OC[C@H]1C[C@@H](Nc2ncncc2C(=O)c2cc(C3OCCc4cc(Cl)ccc43)cs2)C[C@@H]1O. The minimum Gasteiger partial charge on any atom is -0.393 e. The molecule has 5 aliphatic rings. The smallest absolute Gasteiger partial charge is 0.333 e. The van der Waals surface area contributed by atoms with Crippen molar-refractivity contribution in [2.75, 3.05) is 42.4 Å². The van der Waals surface area contributed by atoms with E-state index in [2.05, 4.69) is 69.5 Å². The van der Waals surface area contributed by atoms with Gasteiger partial charge in [-0.3, -0.25) is 31.9 Å². The number of aryl methyl sites for hydroxylation is 2. The highest BCUT2D eigenvalue weighted by Crippen LogP contribution is 2.50. The number of fused-ring (bicyclic) bond motifs is 3. The Morgan fingerprint density at radius 3 is 1.56 bits per heavy atom. The second-order valence-corrected chi connectivity index (χ2v) is 36.9. The van der Waals surface area contributed by atoms with Crippen LogP contribution in [0.1, 0.15) is 139 Å². The number of ether oxygens (including phenoxy) is 1. The molecule has 3 fully saturated rings. The third kappa shape index (κ3) is 20.2. The van der Waals surface area contributed by atoms with E-state index >= 15 is 0 Å². The van der Waals surface area contributed by atoms with E-state index in [0.29, 0.717) is 103 Å². The van der Waals surface area contributed by atoms with E-state index < -0.39 is 67.0 Å². The maximum absolute atomic E-state index is 13.6. The molecule has 12 N–H and O–H groups in total. The molecular formula is C73H74Cl3N13O16S7. The van der Waals surface area contributed by atoms with Gasteiger partial charge in [-0.2, -0.15) is 25.3 Å². The quantitative estimate of drug-likeness (QED) is 0.0254. The molecule has 3 aromatic carbocycles. The summed E-state index contributed by atoms with van der Waals surface area (Å²) < 4.78 is 86.6. The minimum absolute atomic E-state index is 0.118. The molecule has 9 heterocycles. The Balaban J connectivity index is 0.000000147. The Bertz CT molecular complexity index is 5550. The molecule has 15 rings (SSSR count). The van der Waals surface area contributed by atoms with Gasteiger partial charge in [0, 0.05) is 102 Å². The third-order valence-corrected chi connectivity index (χ3v) is 26.3. The van der Waals surface area contributed by atoms with Gasteiger partial charge in [0.05, 0.1) is 87.0 Å². The number of aromatic nitrogens is 7. The number of halogens is 3. The average molecular weight is 1720 g/mol. The van der Waals surface area contributed by atoms with Crippen molar-refractivity contribution in [3.8, 4) is 11.3 Å². The van der Waals surface area contributed by atoms with Crippen LogP contribution < -0.4 is 31.4 Å². The Morgan fingerprint density at radius 1 is 0.545 bits per heavy atom. The molecular weight excluding hydrogens is 1650 g/mol. The Kier molecular flexibility index (Phi) is 26.0. The van der Waals surface area contributed by atoms with Gasteiger partial charge in [-0.15, -0.1) is 45.8 Å². The second-order valence-electron chi connectivity index (χ2n) is 27.4. The second kappa shape index (κ2) is 35.3. The van der Waals surface area contributed by atoms with E-state index in [9.17, 15) is 55.0 Å². The fourth-order valence-corrected chi connectivity index (χ4v) is 20.4. The van der Waals surface area contributed by atoms with Gasteiger partial charge in [-0.25, -0.2) is 45.3 Å². The number of pyridine rings is 1. The summed E-state index contributed by atoms with van der Waals surface area (Å²) in [6.45, 7) is 3.87. The summed E-state index contributed by atoms with van der Waals surface area (Å²) >= 11 is 24.6. The van der Waals surface area contributed by atoms with Crippen LogP contribution in [-0.2, 0) is 60.4 Å². The summed E-state index contributed by atoms with van der Waals surface area (Å²) in [5.41, 5.74) is 9.10. The number of ketones is 3. The Labute approximate surface area is 675 Å². The van der Waals surface area contributed by atoms with Crippen molar-refractivity contribution in [2.24, 2.45) is 33.2 Å². The van der Waals surface area contributed by atoms with Gasteiger partial charge in [0.2, 0.25) is 17.3 Å². The molecule has 0 saturated heterocycles. The maximum Gasteiger partial charge on any atom is 0.333 e. The normalized spacial score (nSPS) is 22.1. The van der Waals surface area contributed by atoms with Crippen molar-refractivity contribution < 1.29 is 72.2 Å². The molecule has 7 aromatic heterocycles. The number of nitrogens with two attached hydrogens (primary N) is 3. The van der Waals surface area contributed by atoms with Crippen LogP contribution in [0, 0.1) is 31.6 Å². The van der Waals surface area contributed by atoms with E-state index in [0.717, 1.165) is 66.2 Å². The first-order valence-corrected chi connectivity index (χ1v) is 44.0. The number of nitrogens with one attached hydrogen (secondary N) is 3. The summed E-state index contributed by atoms with van der Waals surface area (Å²) in [4.78, 5) is 73.7. The van der Waals surface area contributed by atoms with Crippen molar-refractivity contribution in [1.82, 2.24) is 34.9 Å². The number of anilines is 3. The summed E-state index contributed by atoms with van der Waals surface area (Å²) in [6.07, 6.45) is 10.6. The lowest BCUT2D eigenvalue weighted by Gasteiger charge is -2.25. The van der Waals surface area contributed by atoms with Gasteiger partial charge in [0.15, 0.2) is 0 Å². The number of thioether (sulfide) groups is 1. The van der Waals surface area contributed by atoms with Gasteiger partial charge in [-0.1, -0.05) is 53.0 Å². The van der Waals surface area contributed by atoms with Gasteiger partial charge in [-0.05, 0) is 164 Å². The fourth-order valence-electron chi connectivity index (χ4n) is 14.4. The molecule has 590 valence electrons. The van der Waals surface area contributed by atoms with Crippen molar-refractivity contribution in [1.29, 1.82) is 0 Å². The maximum atomic E-state index is 13.6. The number of aliphatic hydroxyl groups is 3. The monoisotopic (exact) mass is 1720 g/mol. The topological polar surface area (TPSA) is 456 Å². The first-order chi connectivity index (χ1) is 53.3. The number of rotatable bonds is 24. The Hall–Kier alpha value is -7.51. The lowest BCUT2D eigenvalue weighted by atomic mass is 9.94. The summed E-state index contributed by atoms with van der Waals surface area (Å²) in [7, 11) is -12.3. The first kappa shape index (κ1) is 82.5. The van der Waals surface area contributed by atoms with Gasteiger partial charge < -0.3 is 36.0 Å². The number of hydrogen-bond acceptors (Lipinski definition) is 30. The molecule has 0 radical (unpaired) electrons. The lowest BCUT2D eigenvalue weighted by Crippen LogP contribution is -2.24. The highest BCUT2D eigenvalue weighted by Gasteiger charge is 2.39. The molecule has 0 amide bonds. The van der Waals surface area contributed by atoms with Crippen molar-refractivity contribution in [3.63, 3.8) is 0 Å². The molecule has 0 bridgehead atoms. The Morgan fingerprint density at radius 2 is 1.03 bits per heavy atom. The highest BCUT2D eigenvalue weighted by atomic mass is 35.5. The summed E-state index contributed by atoms with van der Waals surface area (Å²) in [6, 6.07) is 24.1. The first-order valence-electron chi connectivity index (χ1n) is 34.9. The number of aliphatic hydroxyl groups excluding tert-OH is 3. The van der Waals surface area contributed by atoms with Crippen molar-refractivity contribution >= 4 is 157 Å². The van der Waals surface area contributed by atoms with E-state index in [1.807, 2.05) is 104 Å². The molecule has 112 heavy (non-hydrogen) atoms. The van der Waals surface area contributed by atoms with E-state index in [4.69, 9.17) is 55.0 Å². The molecule has 39 heteroatoms. The number of carbonyl (C=O) groups is 3. The number of carbonyl (C=O) groups excluding carboxylic acids is 3. The van der Waals surface area contributed by atoms with Gasteiger partial charge >= 0.3 is 30.9 Å². The molecule has 2 unspecified atom stereocenters. The summed E-state index contributed by atoms with van der Waals surface area (Å²) in [5.74, 6) is -0.0214. The third-order valence-electron chi connectivity index (χ3n) is 19.8. The molecule has 10 aromatic rings. The summed E-state index contributed by atoms with van der Waals surface area (Å²) in [5, 5.41) is 61.3. The molecule has 3 saturated carbocycles. The number of benzene rings is 3. The predicted octanol–water partition coefficient (Wildman–Crippen LogP) is 10.4. The van der Waals surface area contributed by atoms with Crippen LogP contribution in [0.2, 0.25) is 15.1 Å². The average Bonchev–Trinajstić information content (AvgIpc) is 1.61. The largest absolute Gasteiger partial charge is 0.393 e. The minimum atomic E-state index is -4.10. The van der Waals surface area contributed by atoms with E-state index in [1.54, 1.807) is 6.20 Å². The molecule has 0 spiro atoms. The zero-order chi connectivity index (χ0) is 79.5. The predicted molar refractivity (Wildman–Crippen MR) is 428 cm³/mol. The standard InChI is InChI=1S/C25H24ClN5O5S2.C24H25ClN4O6S2.C24H25ClN4O5S3/c1-13-18(23-19-7-16(26)3-2-14(19)4-5-29-23)9-22(37-13)24(33)20-10-28-12-30-25(20)31-17-6-15(21(32)8-17)11-36-38(27,34)35;25-16-1-2-18-13(5-16)3-4-34-23(18)15-7-21(36-11-15)22(31)19-9-27-12-28-24(19)29-17-6-14(20(30)8-17)10-35-37(26,32)33;1-12-17(23-18-5-15(25)3-2-13(18)10-35-23)7-21(36-12)22(31)19-8-27-11-28-24(19)29-16-4-14(20(30)6-16)9-34-37(26,32)33/h2-5,7,9-10,12,15,17,21,32H,6,8,11H2,1H3,(H2,27,34,35)(H,28,30,31);1-2,5,7,9,11-12,14,17,20,23,30H,3-4,6,8,10H2,(H2,26,32,33)(H,27,28,29);2-3,5,7-8,11,14,16,20,23,30H,4,6,9-10H2,1H3,(H2,26,32,33)(H,27,28,29)/t15-,17-,21+;14-,17-,20+,23?;14-,16-,20+,23?/m111/s1. The van der Waals surface area contributed by atoms with Crippen LogP contribution >= 0.6 is 80.6 Å². The molecule has 2 aliphatic heterocycles. The number of hydrogen-bond donors (Lipinski definition) is 9. The molecule has 29 nitrogen and oxygen atoms in total. The molecule has 3 aliphatic carbocycles. The lowest BCUT2D eigenvalue weighted by molar-refractivity contribution is 0.0701. The van der Waals surface area contributed by atoms with Gasteiger partial charge in [0.1, 0.15) is 42.5 Å². The highest BCUT2D eigenvalue weighted by molar-refractivity contribution is 7.99. The van der Waals surface area contributed by atoms with E-state index in [1.165, 1.54) is 82.7 Å². The zero-order valence-electron chi connectivity index (χ0n) is 59.5. The van der Waals surface area contributed by atoms with Crippen LogP contribution in [0.25, 0.3) is 22.0 Å². The number of thiophene rings is 3. The van der Waals surface area contributed by atoms with E-state index in [-0.39, 0.29) is 72.2 Å². The fraction of sp³-hybridized carbons (Fsp3) is 0.342. The van der Waals surface area contributed by atoms with Crippen LogP contribution in [0.5, 0.6) is 0 Å².